The molecular weight excluding hydrogens is 471 g/mol. The summed E-state index contributed by atoms with van der Waals surface area (Å²) in [5, 5.41) is 3.08. The van der Waals surface area contributed by atoms with Crippen LogP contribution in [0.5, 0.6) is 0 Å². The van der Waals surface area contributed by atoms with E-state index in [9.17, 15) is 26.7 Å². The SMILES string of the molecule is C=N/C(=C\N=C(/C)NC1CC2CC1N(C(=O)c1cccc(F)c1-c1ncc(F)cn1)C2)C(F)(F)F. The highest BCUT2D eigenvalue weighted by Gasteiger charge is 2.47. The van der Waals surface area contributed by atoms with Crippen molar-refractivity contribution in [3.8, 4) is 11.4 Å². The second kappa shape index (κ2) is 9.51. The summed E-state index contributed by atoms with van der Waals surface area (Å²) in [5.74, 6) is -1.56. The lowest BCUT2D eigenvalue weighted by Gasteiger charge is -2.34. The highest BCUT2D eigenvalue weighted by molar-refractivity contribution is 6.00. The molecule has 2 fully saturated rings. The highest BCUT2D eigenvalue weighted by atomic mass is 19.4. The van der Waals surface area contributed by atoms with Gasteiger partial charge in [-0.1, -0.05) is 6.07 Å². The molecule has 1 N–H and O–H groups in total. The average molecular weight is 492 g/mol. The Hall–Kier alpha value is -3.70. The fourth-order valence-electron chi connectivity index (χ4n) is 4.61. The van der Waals surface area contributed by atoms with E-state index in [0.29, 0.717) is 25.6 Å². The van der Waals surface area contributed by atoms with Crippen LogP contribution in [0, 0.1) is 17.6 Å². The van der Waals surface area contributed by atoms with Crippen molar-refractivity contribution in [1.82, 2.24) is 20.2 Å². The number of likely N-dealkylation sites (tertiary alicyclic amines) is 1. The Kier molecular flexibility index (Phi) is 6.64. The smallest absolute Gasteiger partial charge is 0.369 e. The summed E-state index contributed by atoms with van der Waals surface area (Å²) in [6.07, 6.45) is -0.904. The molecule has 7 nitrogen and oxygen atoms in total. The van der Waals surface area contributed by atoms with Crippen LogP contribution in [0.25, 0.3) is 11.4 Å². The summed E-state index contributed by atoms with van der Waals surface area (Å²) >= 11 is 0. The Bertz CT molecular complexity index is 1190. The Morgan fingerprint density at radius 3 is 2.57 bits per heavy atom. The number of alkyl halides is 3. The van der Waals surface area contributed by atoms with Crippen molar-refractivity contribution < 1.29 is 26.7 Å². The molecule has 12 heteroatoms. The minimum Gasteiger partial charge on any atom is -0.369 e. The maximum atomic E-state index is 14.7. The van der Waals surface area contributed by atoms with Gasteiger partial charge in [0.2, 0.25) is 0 Å². The zero-order valence-electron chi connectivity index (χ0n) is 18.6. The van der Waals surface area contributed by atoms with Crippen molar-refractivity contribution in [2.24, 2.45) is 15.9 Å². The molecule has 4 rings (SSSR count). The predicted molar refractivity (Wildman–Crippen MR) is 119 cm³/mol. The number of halogens is 5. The number of nitrogens with one attached hydrogen (secondary N) is 1. The number of fused-ring (bicyclic) bond motifs is 2. The van der Waals surface area contributed by atoms with Crippen LogP contribution in [0.4, 0.5) is 22.0 Å². The van der Waals surface area contributed by atoms with Gasteiger partial charge in [-0.2, -0.15) is 13.2 Å². The molecule has 35 heavy (non-hydrogen) atoms. The number of rotatable bonds is 5. The van der Waals surface area contributed by atoms with Crippen LogP contribution in [-0.4, -0.2) is 58.1 Å². The standard InChI is InChI=1S/C23H21F5N6O/c1-12(30-10-19(29-2)23(26,27)28)33-17-6-13-7-18(17)34(11-13)22(35)15-4-3-5-16(25)20(15)21-31-8-14(24)9-32-21/h3-5,8-10,13,17-18H,2,6-7,11H2,1H3,(H,30,33)/b19-10-. The van der Waals surface area contributed by atoms with Gasteiger partial charge in [0.15, 0.2) is 17.3 Å². The Labute approximate surface area is 197 Å². The molecule has 3 atom stereocenters. The second-order valence-electron chi connectivity index (χ2n) is 8.39. The molecule has 2 aromatic rings. The quantitative estimate of drug-likeness (QED) is 0.387. The first-order valence-corrected chi connectivity index (χ1v) is 10.7. The van der Waals surface area contributed by atoms with Gasteiger partial charge in [0.25, 0.3) is 5.91 Å². The third-order valence-electron chi connectivity index (χ3n) is 6.07. The molecule has 1 aliphatic carbocycles. The van der Waals surface area contributed by atoms with Gasteiger partial charge in [0, 0.05) is 12.6 Å². The first-order chi connectivity index (χ1) is 16.6. The number of nitrogens with zero attached hydrogens (tertiary/aromatic N) is 5. The predicted octanol–water partition coefficient (Wildman–Crippen LogP) is 4.14. The van der Waals surface area contributed by atoms with Crippen molar-refractivity contribution in [1.29, 1.82) is 0 Å². The van der Waals surface area contributed by atoms with Gasteiger partial charge in [-0.25, -0.2) is 23.7 Å². The molecule has 1 aliphatic heterocycles. The van der Waals surface area contributed by atoms with E-state index in [4.69, 9.17) is 0 Å². The van der Waals surface area contributed by atoms with Gasteiger partial charge in [-0.15, -0.1) is 0 Å². The molecule has 2 heterocycles. The largest absolute Gasteiger partial charge is 0.434 e. The zero-order chi connectivity index (χ0) is 25.3. The Morgan fingerprint density at radius 1 is 1.23 bits per heavy atom. The monoisotopic (exact) mass is 492 g/mol. The molecule has 1 saturated heterocycles. The fraction of sp³-hybridized carbons (Fsp3) is 0.348. The van der Waals surface area contributed by atoms with E-state index < -0.39 is 29.4 Å². The number of amides is 1. The number of aromatic nitrogens is 2. The summed E-state index contributed by atoms with van der Waals surface area (Å²) < 4.78 is 66.4. The van der Waals surface area contributed by atoms with Gasteiger partial charge < -0.3 is 10.2 Å². The van der Waals surface area contributed by atoms with Crippen molar-refractivity contribution in [2.45, 2.75) is 38.0 Å². The molecular formula is C23H21F5N6O. The van der Waals surface area contributed by atoms with Gasteiger partial charge in [-0.3, -0.25) is 9.79 Å². The summed E-state index contributed by atoms with van der Waals surface area (Å²) in [5.41, 5.74) is -1.29. The number of piperidine rings is 1. The lowest BCUT2D eigenvalue weighted by atomic mass is 10.0. The number of carbonyl (C=O) groups excluding carboxylic acids is 1. The summed E-state index contributed by atoms with van der Waals surface area (Å²) in [7, 11) is 0. The van der Waals surface area contributed by atoms with Gasteiger partial charge >= 0.3 is 6.18 Å². The Balaban J connectivity index is 1.55. The molecule has 2 bridgehead atoms. The molecule has 184 valence electrons. The van der Waals surface area contributed by atoms with Crippen LogP contribution in [-0.2, 0) is 0 Å². The molecule has 3 unspecified atom stereocenters. The number of hydrogen-bond donors (Lipinski definition) is 1. The van der Waals surface area contributed by atoms with Crippen molar-refractivity contribution in [3.05, 3.63) is 59.7 Å². The maximum absolute atomic E-state index is 14.7. The van der Waals surface area contributed by atoms with Crippen molar-refractivity contribution in [3.63, 3.8) is 0 Å². The van der Waals surface area contributed by atoms with Crippen LogP contribution < -0.4 is 5.32 Å². The van der Waals surface area contributed by atoms with E-state index >= 15 is 0 Å². The van der Waals surface area contributed by atoms with E-state index in [2.05, 4.69) is 32.0 Å². The first kappa shape index (κ1) is 24.4. The van der Waals surface area contributed by atoms with Crippen molar-refractivity contribution >= 4 is 18.5 Å². The minimum atomic E-state index is -4.67. The summed E-state index contributed by atoms with van der Waals surface area (Å²) in [6.45, 7) is 4.88. The molecule has 0 radical (unpaired) electrons. The van der Waals surface area contributed by atoms with Crippen LogP contribution in [0.3, 0.4) is 0 Å². The molecule has 1 saturated carbocycles. The zero-order valence-corrected chi connectivity index (χ0v) is 18.6. The van der Waals surface area contributed by atoms with Crippen molar-refractivity contribution in [2.75, 3.05) is 6.54 Å². The fourth-order valence-corrected chi connectivity index (χ4v) is 4.61. The molecule has 0 spiro atoms. The lowest BCUT2D eigenvalue weighted by Crippen LogP contribution is -2.51. The first-order valence-electron chi connectivity index (χ1n) is 10.7. The molecule has 1 amide bonds. The number of benzene rings is 1. The van der Waals surface area contributed by atoms with Crippen LogP contribution in [0.2, 0.25) is 0 Å². The van der Waals surface area contributed by atoms with Crippen LogP contribution >= 0.6 is 0 Å². The maximum Gasteiger partial charge on any atom is 0.434 e. The summed E-state index contributed by atoms with van der Waals surface area (Å²) in [6, 6.07) is 3.50. The van der Waals surface area contributed by atoms with Crippen LogP contribution in [0.15, 0.2) is 52.5 Å². The van der Waals surface area contributed by atoms with Gasteiger partial charge in [0.1, 0.15) is 5.82 Å². The van der Waals surface area contributed by atoms with Crippen LogP contribution in [0.1, 0.15) is 30.1 Å². The number of carbonyl (C=O) groups is 1. The number of aliphatic imine (C=N–C) groups is 2. The molecule has 2 aliphatic rings. The normalized spacial score (nSPS) is 22.5. The van der Waals surface area contributed by atoms with E-state index in [1.54, 1.807) is 4.90 Å². The lowest BCUT2D eigenvalue weighted by molar-refractivity contribution is -0.0924. The van der Waals surface area contributed by atoms with Gasteiger partial charge in [0.05, 0.1) is 41.6 Å². The third-order valence-corrected chi connectivity index (χ3v) is 6.07. The van der Waals surface area contributed by atoms with E-state index in [0.717, 1.165) is 12.4 Å². The van der Waals surface area contributed by atoms with E-state index in [1.165, 1.54) is 25.1 Å². The van der Waals surface area contributed by atoms with E-state index in [-0.39, 0.29) is 40.8 Å². The number of hydrogen-bond acceptors (Lipinski definition) is 5. The third kappa shape index (κ3) is 5.05. The number of allylic oxidation sites excluding steroid dienone is 1. The second-order valence-corrected chi connectivity index (χ2v) is 8.39. The summed E-state index contributed by atoms with van der Waals surface area (Å²) in [4.78, 5) is 29.5. The molecule has 1 aromatic carbocycles. The van der Waals surface area contributed by atoms with Gasteiger partial charge in [-0.05, 0) is 44.5 Å². The average Bonchev–Trinajstić information content (AvgIpc) is 3.39. The molecule has 1 aromatic heterocycles. The topological polar surface area (TPSA) is 82.8 Å². The Morgan fingerprint density at radius 2 is 1.94 bits per heavy atom. The van der Waals surface area contributed by atoms with E-state index in [1.807, 2.05) is 0 Å². The number of amidine groups is 1. The minimum absolute atomic E-state index is 0.0445. The highest BCUT2D eigenvalue weighted by Crippen LogP contribution is 2.39.